The van der Waals surface area contributed by atoms with E-state index in [1.807, 2.05) is 17.0 Å². The molecule has 3 fully saturated rings. The summed E-state index contributed by atoms with van der Waals surface area (Å²) in [5.74, 6) is 1.33. The highest BCUT2D eigenvalue weighted by atomic mass is 16.5. The molecule has 1 spiro atoms. The Balaban J connectivity index is 1.10. The number of carbonyl (C=O) groups is 1. The third-order valence-electron chi connectivity index (χ3n) is 6.00. The van der Waals surface area contributed by atoms with Gasteiger partial charge in [0, 0.05) is 19.6 Å². The molecule has 0 radical (unpaired) electrons. The van der Waals surface area contributed by atoms with E-state index in [9.17, 15) is 4.79 Å². The normalized spacial score (nSPS) is 24.4. The van der Waals surface area contributed by atoms with Crippen molar-refractivity contribution in [1.82, 2.24) is 30.0 Å². The van der Waals surface area contributed by atoms with Crippen LogP contribution < -0.4 is 10.2 Å². The minimum atomic E-state index is -0.0563. The molecule has 0 saturated carbocycles. The van der Waals surface area contributed by atoms with Crippen LogP contribution in [0.5, 0.6) is 0 Å². The second-order valence-electron chi connectivity index (χ2n) is 7.96. The third kappa shape index (κ3) is 3.20. The molecule has 1 N–H and O–H groups in total. The van der Waals surface area contributed by atoms with E-state index in [4.69, 9.17) is 4.74 Å². The number of ether oxygens (including phenoxy) is 1. The van der Waals surface area contributed by atoms with Crippen molar-refractivity contribution in [3.63, 3.8) is 0 Å². The molecule has 3 saturated heterocycles. The molecule has 0 aliphatic carbocycles. The van der Waals surface area contributed by atoms with Crippen molar-refractivity contribution in [2.75, 3.05) is 44.2 Å². The predicted octanol–water partition coefficient (Wildman–Crippen LogP) is 0.915. The van der Waals surface area contributed by atoms with E-state index < -0.39 is 0 Å². The first-order chi connectivity index (χ1) is 13.2. The number of carbonyl (C=O) groups excluding carboxylic acids is 1. The van der Waals surface area contributed by atoms with Crippen molar-refractivity contribution in [2.24, 2.45) is 5.92 Å². The maximum absolute atomic E-state index is 12.1. The first kappa shape index (κ1) is 16.7. The summed E-state index contributed by atoms with van der Waals surface area (Å²) in [6.07, 6.45) is 5.98. The summed E-state index contributed by atoms with van der Waals surface area (Å²) in [6, 6.07) is 4.00. The third-order valence-corrected chi connectivity index (χ3v) is 6.00. The number of likely N-dealkylation sites (tertiary alicyclic amines) is 1. The van der Waals surface area contributed by atoms with Crippen LogP contribution in [-0.4, -0.2) is 75.7 Å². The van der Waals surface area contributed by atoms with Crippen molar-refractivity contribution < 1.29 is 9.53 Å². The van der Waals surface area contributed by atoms with Gasteiger partial charge in [-0.3, -0.25) is 0 Å². The Morgan fingerprint density at radius 1 is 1.30 bits per heavy atom. The molecule has 3 aliphatic rings. The maximum Gasteiger partial charge on any atom is 0.317 e. The van der Waals surface area contributed by atoms with Crippen LogP contribution in [0.2, 0.25) is 0 Å². The smallest absolute Gasteiger partial charge is 0.317 e. The number of fused-ring (bicyclic) bond motifs is 1. The van der Waals surface area contributed by atoms with Gasteiger partial charge >= 0.3 is 6.03 Å². The Bertz CT molecular complexity index is 816. The lowest BCUT2D eigenvalue weighted by Gasteiger charge is -2.53. The Kier molecular flexibility index (Phi) is 4.11. The molecule has 9 nitrogen and oxygen atoms in total. The molecule has 1 unspecified atom stereocenters. The molecule has 3 aliphatic heterocycles. The first-order valence-corrected chi connectivity index (χ1v) is 9.80. The van der Waals surface area contributed by atoms with Gasteiger partial charge in [0.1, 0.15) is 17.7 Å². The topological polar surface area (TPSA) is 87.9 Å². The molecule has 0 bridgehead atoms. The average Bonchev–Trinajstić information content (AvgIpc) is 3.35. The zero-order valence-corrected chi connectivity index (χ0v) is 15.4. The Morgan fingerprint density at radius 3 is 2.93 bits per heavy atom. The molecule has 27 heavy (non-hydrogen) atoms. The fourth-order valence-electron chi connectivity index (χ4n) is 4.29. The van der Waals surface area contributed by atoms with Crippen LogP contribution in [0.1, 0.15) is 25.7 Å². The number of nitrogens with one attached hydrogen (secondary N) is 1. The number of rotatable bonds is 3. The summed E-state index contributed by atoms with van der Waals surface area (Å²) in [6.45, 7) is 4.93. The fraction of sp³-hybridized carbons (Fsp3) is 0.667. The van der Waals surface area contributed by atoms with Gasteiger partial charge in [-0.15, -0.1) is 15.3 Å². The van der Waals surface area contributed by atoms with Crippen LogP contribution in [0.15, 0.2) is 18.5 Å². The van der Waals surface area contributed by atoms with Gasteiger partial charge in [-0.2, -0.15) is 4.52 Å². The van der Waals surface area contributed by atoms with Crippen molar-refractivity contribution in [2.45, 2.75) is 31.3 Å². The summed E-state index contributed by atoms with van der Waals surface area (Å²) in [5, 5.41) is 15.5. The van der Waals surface area contributed by atoms with Crippen LogP contribution in [0.25, 0.3) is 5.65 Å². The maximum atomic E-state index is 12.1. The quantitative estimate of drug-likeness (QED) is 0.863. The van der Waals surface area contributed by atoms with Gasteiger partial charge in [-0.25, -0.2) is 4.79 Å². The van der Waals surface area contributed by atoms with E-state index in [2.05, 4.69) is 25.5 Å². The molecule has 5 heterocycles. The molecular formula is C18H25N7O2. The van der Waals surface area contributed by atoms with Crippen LogP contribution in [0.3, 0.4) is 0 Å². The van der Waals surface area contributed by atoms with Gasteiger partial charge in [0.25, 0.3) is 0 Å². The Hall–Kier alpha value is -2.42. The second kappa shape index (κ2) is 6.63. The van der Waals surface area contributed by atoms with Gasteiger partial charge in [0.05, 0.1) is 19.7 Å². The lowest BCUT2D eigenvalue weighted by molar-refractivity contribution is -0.115. The fourth-order valence-corrected chi connectivity index (χ4v) is 4.29. The van der Waals surface area contributed by atoms with Gasteiger partial charge in [0.15, 0.2) is 5.65 Å². The molecule has 5 rings (SSSR count). The van der Waals surface area contributed by atoms with E-state index in [0.29, 0.717) is 19.1 Å². The number of nitrogens with zero attached hydrogens (tertiary/aromatic N) is 6. The number of urea groups is 1. The summed E-state index contributed by atoms with van der Waals surface area (Å²) >= 11 is 0. The molecule has 2 amide bonds. The van der Waals surface area contributed by atoms with Crippen LogP contribution >= 0.6 is 0 Å². The van der Waals surface area contributed by atoms with E-state index in [0.717, 1.165) is 63.3 Å². The molecule has 0 aromatic carbocycles. The lowest BCUT2D eigenvalue weighted by Crippen LogP contribution is -2.65. The second-order valence-corrected chi connectivity index (χ2v) is 7.96. The number of hydrogen-bond acceptors (Lipinski definition) is 6. The van der Waals surface area contributed by atoms with Gasteiger partial charge in [-0.1, -0.05) is 0 Å². The first-order valence-electron chi connectivity index (χ1n) is 9.80. The molecule has 9 heteroatoms. The number of amides is 2. The molecule has 1 atom stereocenters. The summed E-state index contributed by atoms with van der Waals surface area (Å²) in [5.41, 5.74) is 0.695. The molecule has 144 valence electrons. The van der Waals surface area contributed by atoms with Crippen LogP contribution in [0.4, 0.5) is 10.6 Å². The van der Waals surface area contributed by atoms with Crippen LogP contribution in [0, 0.1) is 5.92 Å². The number of anilines is 1. The highest BCUT2D eigenvalue weighted by Gasteiger charge is 2.47. The number of hydrogen-bond donors (Lipinski definition) is 1. The van der Waals surface area contributed by atoms with E-state index in [1.165, 1.54) is 0 Å². The number of aromatic nitrogens is 4. The Morgan fingerprint density at radius 2 is 2.15 bits per heavy atom. The molecular weight excluding hydrogens is 346 g/mol. The van der Waals surface area contributed by atoms with E-state index >= 15 is 0 Å². The minimum Gasteiger partial charge on any atom is -0.371 e. The largest absolute Gasteiger partial charge is 0.371 e. The summed E-state index contributed by atoms with van der Waals surface area (Å²) in [4.78, 5) is 16.2. The highest BCUT2D eigenvalue weighted by Crippen LogP contribution is 2.37. The summed E-state index contributed by atoms with van der Waals surface area (Å²) in [7, 11) is 0. The van der Waals surface area contributed by atoms with Crippen molar-refractivity contribution in [3.8, 4) is 0 Å². The highest BCUT2D eigenvalue weighted by molar-refractivity contribution is 5.74. The summed E-state index contributed by atoms with van der Waals surface area (Å²) < 4.78 is 7.93. The van der Waals surface area contributed by atoms with E-state index in [1.54, 1.807) is 10.8 Å². The van der Waals surface area contributed by atoms with Crippen molar-refractivity contribution in [1.29, 1.82) is 0 Å². The average molecular weight is 371 g/mol. The SMILES string of the molecule is O=C(NCC1CCC2(CN(c3ccc4nncn4n3)C2)OC1)N1CCCC1. The Labute approximate surface area is 157 Å². The van der Waals surface area contributed by atoms with Gasteiger partial charge in [0.2, 0.25) is 0 Å². The predicted molar refractivity (Wildman–Crippen MR) is 98.6 cm³/mol. The zero-order valence-electron chi connectivity index (χ0n) is 15.4. The lowest BCUT2D eigenvalue weighted by atomic mass is 9.83. The molecule has 2 aromatic rings. The zero-order chi connectivity index (χ0) is 18.3. The van der Waals surface area contributed by atoms with Crippen molar-refractivity contribution in [3.05, 3.63) is 18.5 Å². The standard InChI is InChI=1S/C18H25N7O2/c26-17(23-7-1-2-8-23)19-9-14-5-6-18(27-10-14)11-24(12-18)16-4-3-15-21-20-13-25(15)22-16/h3-4,13-14H,1-2,5-12H2,(H,19,26). The van der Waals surface area contributed by atoms with Gasteiger partial charge in [-0.05, 0) is 43.7 Å². The van der Waals surface area contributed by atoms with Crippen molar-refractivity contribution >= 4 is 17.5 Å². The molecule has 2 aromatic heterocycles. The van der Waals surface area contributed by atoms with Crippen LogP contribution in [-0.2, 0) is 4.74 Å². The minimum absolute atomic E-state index is 0.0563. The van der Waals surface area contributed by atoms with Gasteiger partial charge < -0.3 is 19.9 Å². The monoisotopic (exact) mass is 371 g/mol. The van der Waals surface area contributed by atoms with E-state index in [-0.39, 0.29) is 11.6 Å².